The van der Waals surface area contributed by atoms with E-state index in [0.717, 1.165) is 5.56 Å². The van der Waals surface area contributed by atoms with Gasteiger partial charge >= 0.3 is 0 Å². The van der Waals surface area contributed by atoms with Crippen LogP contribution in [0.5, 0.6) is 0 Å². The molecule has 0 aliphatic carbocycles. The predicted octanol–water partition coefficient (Wildman–Crippen LogP) is 2.89. The number of nitrogens with one attached hydrogen (secondary N) is 1. The molecule has 0 fully saturated rings. The van der Waals surface area contributed by atoms with Gasteiger partial charge in [0, 0.05) is 5.02 Å². The van der Waals surface area contributed by atoms with Gasteiger partial charge in [-0.1, -0.05) is 44.5 Å². The molecule has 2 unspecified atom stereocenters. The summed E-state index contributed by atoms with van der Waals surface area (Å²) in [6.07, 6.45) is 0.636. The fourth-order valence-corrected chi connectivity index (χ4v) is 1.88. The van der Waals surface area contributed by atoms with Gasteiger partial charge in [-0.15, -0.1) is 0 Å². The van der Waals surface area contributed by atoms with Crippen molar-refractivity contribution in [3.05, 3.63) is 34.9 Å². The molecule has 0 bridgehead atoms. The smallest absolute Gasteiger partial charge is 0.237 e. The Kier molecular flexibility index (Phi) is 5.63. The monoisotopic (exact) mass is 268 g/mol. The lowest BCUT2D eigenvalue weighted by atomic mass is 9.95. The van der Waals surface area contributed by atoms with Gasteiger partial charge in [-0.05, 0) is 30.0 Å². The van der Waals surface area contributed by atoms with E-state index in [1.165, 1.54) is 0 Å². The van der Waals surface area contributed by atoms with E-state index in [-0.39, 0.29) is 11.9 Å². The number of nitrogens with two attached hydrogens (primary N) is 1. The number of carbonyl (C=O) groups excluding carboxylic acids is 1. The average Bonchev–Trinajstić information content (AvgIpc) is 2.35. The third-order valence-corrected chi connectivity index (χ3v) is 3.22. The highest BCUT2D eigenvalue weighted by atomic mass is 35.5. The number of halogens is 1. The minimum atomic E-state index is -0.446. The first kappa shape index (κ1) is 15.0. The lowest BCUT2D eigenvalue weighted by molar-refractivity contribution is -0.123. The second-order valence-corrected chi connectivity index (χ2v) is 5.23. The van der Waals surface area contributed by atoms with E-state index >= 15 is 0 Å². The number of hydrogen-bond acceptors (Lipinski definition) is 2. The van der Waals surface area contributed by atoms with Crippen LogP contribution in [0.4, 0.5) is 0 Å². The predicted molar refractivity (Wildman–Crippen MR) is 75.4 cm³/mol. The van der Waals surface area contributed by atoms with Crippen LogP contribution < -0.4 is 11.1 Å². The quantitative estimate of drug-likeness (QED) is 0.863. The van der Waals surface area contributed by atoms with E-state index in [2.05, 4.69) is 19.2 Å². The zero-order valence-corrected chi connectivity index (χ0v) is 11.9. The molecule has 0 heterocycles. The average molecular weight is 269 g/mol. The van der Waals surface area contributed by atoms with Gasteiger partial charge < -0.3 is 11.1 Å². The molecule has 0 aliphatic heterocycles. The summed E-state index contributed by atoms with van der Waals surface area (Å²) in [5, 5.41) is 3.69. The third-order valence-electron chi connectivity index (χ3n) is 2.97. The van der Waals surface area contributed by atoms with Crippen LogP contribution in [0.1, 0.15) is 38.8 Å². The van der Waals surface area contributed by atoms with Gasteiger partial charge in [0.1, 0.15) is 0 Å². The van der Waals surface area contributed by atoms with E-state index in [0.29, 0.717) is 17.4 Å². The van der Waals surface area contributed by atoms with Gasteiger partial charge in [0.15, 0.2) is 0 Å². The summed E-state index contributed by atoms with van der Waals surface area (Å²) in [7, 11) is 0. The standard InChI is InChI=1S/C14H21ClN2O/c1-4-12(16)14(18)17-13(9(2)3)10-5-7-11(15)8-6-10/h5-9,12-13H,4,16H2,1-3H3,(H,17,18). The maximum absolute atomic E-state index is 11.9. The van der Waals surface area contributed by atoms with E-state index in [1.54, 1.807) is 0 Å². The molecule has 0 saturated carbocycles. The van der Waals surface area contributed by atoms with Crippen molar-refractivity contribution in [1.29, 1.82) is 0 Å². The first-order valence-corrected chi connectivity index (χ1v) is 6.65. The Morgan fingerprint density at radius 1 is 1.33 bits per heavy atom. The highest BCUT2D eigenvalue weighted by Gasteiger charge is 2.20. The molecule has 0 radical (unpaired) electrons. The Hall–Kier alpha value is -1.06. The van der Waals surface area contributed by atoms with Crippen LogP contribution in [-0.4, -0.2) is 11.9 Å². The van der Waals surface area contributed by atoms with Crippen molar-refractivity contribution in [2.45, 2.75) is 39.3 Å². The van der Waals surface area contributed by atoms with Crippen molar-refractivity contribution in [3.8, 4) is 0 Å². The molecule has 1 aromatic rings. The molecule has 2 atom stereocenters. The Labute approximate surface area is 114 Å². The first-order chi connectivity index (χ1) is 8.45. The van der Waals surface area contributed by atoms with Crippen LogP contribution >= 0.6 is 11.6 Å². The number of hydrogen-bond donors (Lipinski definition) is 2. The number of carbonyl (C=O) groups is 1. The molecule has 3 N–H and O–H groups in total. The molecule has 0 spiro atoms. The van der Waals surface area contributed by atoms with Crippen LogP contribution in [0, 0.1) is 5.92 Å². The molecular weight excluding hydrogens is 248 g/mol. The van der Waals surface area contributed by atoms with Gasteiger partial charge in [0.2, 0.25) is 5.91 Å². The van der Waals surface area contributed by atoms with Gasteiger partial charge in [-0.25, -0.2) is 0 Å². The fourth-order valence-electron chi connectivity index (χ4n) is 1.75. The van der Waals surface area contributed by atoms with Crippen LogP contribution in [0.15, 0.2) is 24.3 Å². The summed E-state index contributed by atoms with van der Waals surface area (Å²) in [5.74, 6) is 0.185. The van der Waals surface area contributed by atoms with Gasteiger partial charge in [-0.2, -0.15) is 0 Å². The molecular formula is C14H21ClN2O. The molecule has 0 aliphatic rings. The van der Waals surface area contributed by atoms with Crippen molar-refractivity contribution in [2.75, 3.05) is 0 Å². The van der Waals surface area contributed by atoms with Crippen molar-refractivity contribution in [3.63, 3.8) is 0 Å². The van der Waals surface area contributed by atoms with Gasteiger partial charge in [-0.3, -0.25) is 4.79 Å². The highest BCUT2D eigenvalue weighted by Crippen LogP contribution is 2.23. The van der Waals surface area contributed by atoms with Crippen LogP contribution in [0.25, 0.3) is 0 Å². The van der Waals surface area contributed by atoms with Crippen LogP contribution in [0.3, 0.4) is 0 Å². The Morgan fingerprint density at radius 2 is 1.89 bits per heavy atom. The van der Waals surface area contributed by atoms with Gasteiger partial charge in [0.25, 0.3) is 0 Å². The summed E-state index contributed by atoms with van der Waals surface area (Å²) in [5.41, 5.74) is 6.78. The minimum absolute atomic E-state index is 0.0348. The summed E-state index contributed by atoms with van der Waals surface area (Å²) in [6.45, 7) is 6.03. The van der Waals surface area contributed by atoms with E-state index in [9.17, 15) is 4.79 Å². The first-order valence-electron chi connectivity index (χ1n) is 6.27. The number of benzene rings is 1. The van der Waals surface area contributed by atoms with Crippen LogP contribution in [0.2, 0.25) is 5.02 Å². The van der Waals surface area contributed by atoms with E-state index < -0.39 is 6.04 Å². The fraction of sp³-hybridized carbons (Fsp3) is 0.500. The number of rotatable bonds is 5. The lowest BCUT2D eigenvalue weighted by Crippen LogP contribution is -2.43. The van der Waals surface area contributed by atoms with E-state index in [1.807, 2.05) is 31.2 Å². The summed E-state index contributed by atoms with van der Waals surface area (Å²) in [4.78, 5) is 11.9. The summed E-state index contributed by atoms with van der Waals surface area (Å²) in [6, 6.07) is 7.05. The van der Waals surface area contributed by atoms with Gasteiger partial charge in [0.05, 0.1) is 12.1 Å². The largest absolute Gasteiger partial charge is 0.348 e. The molecule has 1 amide bonds. The maximum atomic E-state index is 11.9. The maximum Gasteiger partial charge on any atom is 0.237 e. The third kappa shape index (κ3) is 4.00. The topological polar surface area (TPSA) is 55.1 Å². The SMILES string of the molecule is CCC(N)C(=O)NC(c1ccc(Cl)cc1)C(C)C. The second-order valence-electron chi connectivity index (χ2n) is 4.80. The molecule has 18 heavy (non-hydrogen) atoms. The molecule has 0 aromatic heterocycles. The zero-order chi connectivity index (χ0) is 13.7. The Balaban J connectivity index is 2.83. The normalized spacial score (nSPS) is 14.3. The number of amides is 1. The molecule has 4 heteroatoms. The Morgan fingerprint density at radius 3 is 2.33 bits per heavy atom. The molecule has 1 aromatic carbocycles. The molecule has 100 valence electrons. The Bertz CT molecular complexity index is 389. The summed E-state index contributed by atoms with van der Waals surface area (Å²) < 4.78 is 0. The van der Waals surface area contributed by atoms with Crippen molar-refractivity contribution in [1.82, 2.24) is 5.32 Å². The van der Waals surface area contributed by atoms with Crippen molar-refractivity contribution >= 4 is 17.5 Å². The molecule has 1 rings (SSSR count). The lowest BCUT2D eigenvalue weighted by Gasteiger charge is -2.24. The molecule has 3 nitrogen and oxygen atoms in total. The second kappa shape index (κ2) is 6.76. The molecule has 0 saturated heterocycles. The highest BCUT2D eigenvalue weighted by molar-refractivity contribution is 6.30. The van der Waals surface area contributed by atoms with Crippen molar-refractivity contribution in [2.24, 2.45) is 11.7 Å². The zero-order valence-electron chi connectivity index (χ0n) is 11.1. The van der Waals surface area contributed by atoms with Crippen molar-refractivity contribution < 1.29 is 4.79 Å². The summed E-state index contributed by atoms with van der Waals surface area (Å²) >= 11 is 5.87. The minimum Gasteiger partial charge on any atom is -0.348 e. The van der Waals surface area contributed by atoms with E-state index in [4.69, 9.17) is 17.3 Å². The van der Waals surface area contributed by atoms with Crippen LogP contribution in [-0.2, 0) is 4.79 Å².